The summed E-state index contributed by atoms with van der Waals surface area (Å²) in [6.07, 6.45) is 1.94. The van der Waals surface area contributed by atoms with Crippen molar-refractivity contribution in [2.45, 2.75) is 25.0 Å². The van der Waals surface area contributed by atoms with E-state index in [1.54, 1.807) is 30.3 Å². The molecule has 0 aliphatic carbocycles. The minimum absolute atomic E-state index is 0.0285. The van der Waals surface area contributed by atoms with Crippen LogP contribution in [0.1, 0.15) is 24.4 Å². The number of amides is 2. The number of carboxylic acid groups (broad SMARTS) is 1. The van der Waals surface area contributed by atoms with Gasteiger partial charge in [-0.25, -0.2) is 9.59 Å². The smallest absolute Gasteiger partial charge is 0.330 e. The lowest BCUT2D eigenvalue weighted by Gasteiger charge is -2.16. The highest BCUT2D eigenvalue weighted by Crippen LogP contribution is 2.13. The highest BCUT2D eigenvalue weighted by atomic mass is 16.5. The molecule has 1 aromatic carbocycles. The second kappa shape index (κ2) is 6.91. The van der Waals surface area contributed by atoms with Crippen LogP contribution in [0.3, 0.4) is 0 Å². The second-order valence-corrected chi connectivity index (χ2v) is 4.67. The minimum Gasteiger partial charge on any atom is -0.479 e. The average Bonchev–Trinajstić information content (AvgIpc) is 2.96. The summed E-state index contributed by atoms with van der Waals surface area (Å²) in [5.74, 6) is -1.09. The van der Waals surface area contributed by atoms with Crippen molar-refractivity contribution >= 4 is 12.0 Å². The Balaban J connectivity index is 1.87. The normalized spacial score (nSPS) is 19.3. The summed E-state index contributed by atoms with van der Waals surface area (Å²) in [5.41, 5.74) is 0.535. The standard InChI is InChI=1S/C14H18N2O4/c17-13(18)12(10-5-2-1-3-6-10)16-14(19)15-9-11-7-4-8-20-11/h1-3,5-6,11-12H,4,7-9H2,(H,17,18)(H2,15,16,19). The summed E-state index contributed by atoms with van der Waals surface area (Å²) >= 11 is 0. The van der Waals surface area contributed by atoms with Crippen LogP contribution in [-0.2, 0) is 9.53 Å². The van der Waals surface area contributed by atoms with E-state index in [4.69, 9.17) is 4.74 Å². The van der Waals surface area contributed by atoms with E-state index in [1.807, 2.05) is 0 Å². The monoisotopic (exact) mass is 278 g/mol. The van der Waals surface area contributed by atoms with E-state index >= 15 is 0 Å². The zero-order valence-corrected chi connectivity index (χ0v) is 11.0. The predicted octanol–water partition coefficient (Wildman–Crippen LogP) is 1.29. The molecule has 6 heteroatoms. The molecule has 1 aromatic rings. The van der Waals surface area contributed by atoms with Crippen LogP contribution in [-0.4, -0.2) is 36.4 Å². The van der Waals surface area contributed by atoms with Crippen LogP contribution < -0.4 is 10.6 Å². The highest BCUT2D eigenvalue weighted by Gasteiger charge is 2.22. The van der Waals surface area contributed by atoms with Crippen molar-refractivity contribution in [1.29, 1.82) is 0 Å². The van der Waals surface area contributed by atoms with Gasteiger partial charge in [0.05, 0.1) is 6.10 Å². The summed E-state index contributed by atoms with van der Waals surface area (Å²) in [4.78, 5) is 23.0. The first-order chi connectivity index (χ1) is 9.66. The van der Waals surface area contributed by atoms with E-state index in [0.29, 0.717) is 12.1 Å². The molecule has 0 aromatic heterocycles. The molecule has 2 atom stereocenters. The maximum atomic E-state index is 11.7. The van der Waals surface area contributed by atoms with E-state index in [1.165, 1.54) is 0 Å². The van der Waals surface area contributed by atoms with Crippen LogP contribution in [0.25, 0.3) is 0 Å². The van der Waals surface area contributed by atoms with Crippen molar-refractivity contribution in [2.75, 3.05) is 13.2 Å². The minimum atomic E-state index is -1.09. The second-order valence-electron chi connectivity index (χ2n) is 4.67. The molecule has 2 rings (SSSR count). The van der Waals surface area contributed by atoms with E-state index in [2.05, 4.69) is 10.6 Å². The quantitative estimate of drug-likeness (QED) is 0.757. The molecule has 1 saturated heterocycles. The fourth-order valence-corrected chi connectivity index (χ4v) is 2.13. The van der Waals surface area contributed by atoms with Crippen molar-refractivity contribution in [3.05, 3.63) is 35.9 Å². The number of hydrogen-bond acceptors (Lipinski definition) is 3. The molecule has 0 bridgehead atoms. The topological polar surface area (TPSA) is 87.7 Å². The zero-order chi connectivity index (χ0) is 14.4. The van der Waals surface area contributed by atoms with Crippen molar-refractivity contribution in [3.63, 3.8) is 0 Å². The number of carbonyl (C=O) groups is 2. The summed E-state index contributed by atoms with van der Waals surface area (Å²) in [6, 6.07) is 7.03. The van der Waals surface area contributed by atoms with Crippen molar-refractivity contribution in [1.82, 2.24) is 10.6 Å². The van der Waals surface area contributed by atoms with E-state index < -0.39 is 18.0 Å². The van der Waals surface area contributed by atoms with E-state index in [9.17, 15) is 14.7 Å². The Labute approximate surface area is 117 Å². The van der Waals surface area contributed by atoms with Crippen LogP contribution in [0.5, 0.6) is 0 Å². The third-order valence-electron chi connectivity index (χ3n) is 3.17. The fourth-order valence-electron chi connectivity index (χ4n) is 2.13. The molecule has 0 saturated carbocycles. The molecule has 2 unspecified atom stereocenters. The lowest BCUT2D eigenvalue weighted by Crippen LogP contribution is -2.43. The fraction of sp³-hybridized carbons (Fsp3) is 0.429. The Kier molecular flexibility index (Phi) is 4.95. The zero-order valence-electron chi connectivity index (χ0n) is 11.0. The number of benzene rings is 1. The lowest BCUT2D eigenvalue weighted by molar-refractivity contribution is -0.139. The Morgan fingerprint density at radius 3 is 2.70 bits per heavy atom. The first-order valence-corrected chi connectivity index (χ1v) is 6.60. The van der Waals surface area contributed by atoms with Crippen molar-refractivity contribution < 1.29 is 19.4 Å². The maximum absolute atomic E-state index is 11.7. The first kappa shape index (κ1) is 14.3. The molecular weight excluding hydrogens is 260 g/mol. The maximum Gasteiger partial charge on any atom is 0.330 e. The van der Waals surface area contributed by atoms with Gasteiger partial charge >= 0.3 is 12.0 Å². The van der Waals surface area contributed by atoms with Gasteiger partial charge in [0.25, 0.3) is 0 Å². The third kappa shape index (κ3) is 3.96. The molecule has 1 heterocycles. The third-order valence-corrected chi connectivity index (χ3v) is 3.17. The number of hydrogen-bond donors (Lipinski definition) is 3. The molecule has 3 N–H and O–H groups in total. The van der Waals surface area contributed by atoms with Gasteiger partial charge in [-0.1, -0.05) is 30.3 Å². The molecule has 6 nitrogen and oxygen atoms in total. The molecule has 108 valence electrons. The van der Waals surface area contributed by atoms with Crippen LogP contribution in [0.4, 0.5) is 4.79 Å². The Morgan fingerprint density at radius 1 is 1.35 bits per heavy atom. The van der Waals surface area contributed by atoms with Gasteiger partial charge in [0.15, 0.2) is 6.04 Å². The number of carboxylic acids is 1. The molecule has 1 fully saturated rings. The number of carbonyl (C=O) groups excluding carboxylic acids is 1. The Hall–Kier alpha value is -2.08. The number of ether oxygens (including phenoxy) is 1. The molecule has 0 radical (unpaired) electrons. The summed E-state index contributed by atoms with van der Waals surface area (Å²) < 4.78 is 5.38. The van der Waals surface area contributed by atoms with Gasteiger partial charge in [0, 0.05) is 13.2 Å². The predicted molar refractivity (Wildman–Crippen MR) is 72.3 cm³/mol. The summed E-state index contributed by atoms with van der Waals surface area (Å²) in [6.45, 7) is 1.11. The SMILES string of the molecule is O=C(NCC1CCCO1)NC(C(=O)O)c1ccccc1. The number of rotatable bonds is 5. The van der Waals surface area contributed by atoms with Gasteiger partial charge < -0.3 is 20.5 Å². The van der Waals surface area contributed by atoms with Crippen molar-refractivity contribution in [2.24, 2.45) is 0 Å². The first-order valence-electron chi connectivity index (χ1n) is 6.60. The largest absolute Gasteiger partial charge is 0.479 e. The molecular formula is C14H18N2O4. The molecule has 1 aliphatic heterocycles. The van der Waals surface area contributed by atoms with Gasteiger partial charge in [-0.3, -0.25) is 0 Å². The van der Waals surface area contributed by atoms with E-state index in [-0.39, 0.29) is 6.10 Å². The van der Waals surface area contributed by atoms with Crippen LogP contribution in [0.15, 0.2) is 30.3 Å². The summed E-state index contributed by atoms with van der Waals surface area (Å²) in [5, 5.41) is 14.3. The number of urea groups is 1. The van der Waals surface area contributed by atoms with Gasteiger partial charge in [-0.05, 0) is 18.4 Å². The van der Waals surface area contributed by atoms with Crippen molar-refractivity contribution in [3.8, 4) is 0 Å². The average molecular weight is 278 g/mol. The molecule has 0 spiro atoms. The van der Waals surface area contributed by atoms with Crippen LogP contribution in [0, 0.1) is 0 Å². The molecule has 2 amide bonds. The van der Waals surface area contributed by atoms with Gasteiger partial charge in [0.2, 0.25) is 0 Å². The van der Waals surface area contributed by atoms with Crippen LogP contribution >= 0.6 is 0 Å². The molecule has 1 aliphatic rings. The number of aliphatic carboxylic acids is 1. The Morgan fingerprint density at radius 2 is 2.10 bits per heavy atom. The molecule has 20 heavy (non-hydrogen) atoms. The Bertz CT molecular complexity index is 458. The number of nitrogens with one attached hydrogen (secondary N) is 2. The van der Waals surface area contributed by atoms with Crippen LogP contribution in [0.2, 0.25) is 0 Å². The lowest BCUT2D eigenvalue weighted by atomic mass is 10.1. The van der Waals surface area contributed by atoms with Gasteiger partial charge in [-0.15, -0.1) is 0 Å². The van der Waals surface area contributed by atoms with Gasteiger partial charge in [-0.2, -0.15) is 0 Å². The summed E-state index contributed by atoms with van der Waals surface area (Å²) in [7, 11) is 0. The van der Waals surface area contributed by atoms with Gasteiger partial charge in [0.1, 0.15) is 0 Å². The highest BCUT2D eigenvalue weighted by molar-refractivity contribution is 5.83. The van der Waals surface area contributed by atoms with E-state index in [0.717, 1.165) is 19.4 Å².